The van der Waals surface area contributed by atoms with Gasteiger partial charge in [0.2, 0.25) is 7.98 Å². The van der Waals surface area contributed by atoms with Crippen LogP contribution in [0.2, 0.25) is 0 Å². The van der Waals surface area contributed by atoms with E-state index in [-0.39, 0.29) is 0 Å². The third kappa shape index (κ3) is 3.34. The lowest BCUT2D eigenvalue weighted by Gasteiger charge is -2.20. The molecule has 3 aromatic heterocycles. The zero-order valence-electron chi connectivity index (χ0n) is 18.1. The highest BCUT2D eigenvalue weighted by atomic mass is 16.5. The second-order valence-corrected chi connectivity index (χ2v) is 7.83. The van der Waals surface area contributed by atoms with Crippen LogP contribution in [0.4, 0.5) is 5.82 Å². The van der Waals surface area contributed by atoms with Gasteiger partial charge >= 0.3 is 0 Å². The number of aromatic nitrogens is 4. The van der Waals surface area contributed by atoms with E-state index in [1.165, 1.54) is 0 Å². The topological polar surface area (TPSA) is 82.8 Å². The number of nitrogens with one attached hydrogen (secondary N) is 1. The van der Waals surface area contributed by atoms with Crippen LogP contribution in [0.25, 0.3) is 33.3 Å². The van der Waals surface area contributed by atoms with Crippen LogP contribution < -0.4 is 9.55 Å². The zero-order valence-corrected chi connectivity index (χ0v) is 18.1. The summed E-state index contributed by atoms with van der Waals surface area (Å²) in [6, 6.07) is 19.9. The number of anilines is 1. The molecule has 2 aromatic carbocycles. The standard InChI is InChI=1S/C24H21BN6O/c1-30-14-27-21-22(30)19-11-20(17-5-3-4-16(10-17)12-26)28-23(19)29-24(21)31(25)13-15-6-8-18(32-2)9-7-15/h3-11,14H,13,25H2,1-2H3,(H,28,29). The van der Waals surface area contributed by atoms with Gasteiger partial charge in [-0.1, -0.05) is 24.3 Å². The molecule has 5 aromatic rings. The van der Waals surface area contributed by atoms with Gasteiger partial charge in [-0.05, 0) is 41.5 Å². The number of pyridine rings is 1. The summed E-state index contributed by atoms with van der Waals surface area (Å²) in [6.07, 6.45) is 1.82. The Morgan fingerprint density at radius 1 is 1.19 bits per heavy atom. The maximum Gasteiger partial charge on any atom is 0.219 e. The Hall–Kier alpha value is -4.25. The third-order valence-electron chi connectivity index (χ3n) is 5.66. The predicted molar refractivity (Wildman–Crippen MR) is 128 cm³/mol. The maximum absolute atomic E-state index is 9.25. The normalized spacial score (nSPS) is 11.0. The fraction of sp³-hybridized carbons (Fsp3) is 0.125. The van der Waals surface area contributed by atoms with Gasteiger partial charge in [0.05, 0.1) is 30.6 Å². The highest BCUT2D eigenvalue weighted by Gasteiger charge is 2.18. The van der Waals surface area contributed by atoms with Crippen LogP contribution in [-0.4, -0.2) is 34.6 Å². The number of rotatable bonds is 5. The van der Waals surface area contributed by atoms with E-state index in [0.717, 1.165) is 50.5 Å². The Kier molecular flexibility index (Phi) is 4.79. The zero-order chi connectivity index (χ0) is 22.2. The molecule has 32 heavy (non-hydrogen) atoms. The van der Waals surface area contributed by atoms with Crippen LogP contribution in [0.15, 0.2) is 60.9 Å². The van der Waals surface area contributed by atoms with Gasteiger partial charge in [0.25, 0.3) is 0 Å². The number of imidazole rings is 1. The largest absolute Gasteiger partial charge is 0.497 e. The number of aromatic amines is 1. The Morgan fingerprint density at radius 2 is 2.00 bits per heavy atom. The summed E-state index contributed by atoms with van der Waals surface area (Å²) >= 11 is 0. The van der Waals surface area contributed by atoms with E-state index < -0.39 is 0 Å². The molecule has 8 heteroatoms. The predicted octanol–water partition coefficient (Wildman–Crippen LogP) is 3.55. The van der Waals surface area contributed by atoms with Gasteiger partial charge in [-0.3, -0.25) is 0 Å². The number of aryl methyl sites for hydroxylation is 1. The molecule has 0 aliphatic heterocycles. The minimum Gasteiger partial charge on any atom is -0.497 e. The summed E-state index contributed by atoms with van der Waals surface area (Å²) in [5, 5.41) is 10.2. The quantitative estimate of drug-likeness (QED) is 0.440. The van der Waals surface area contributed by atoms with E-state index in [1.54, 1.807) is 13.2 Å². The molecule has 0 saturated heterocycles. The van der Waals surface area contributed by atoms with Gasteiger partial charge in [0.15, 0.2) is 0 Å². The molecular weight excluding hydrogens is 399 g/mol. The van der Waals surface area contributed by atoms with E-state index >= 15 is 0 Å². The molecule has 1 N–H and O–H groups in total. The molecule has 0 unspecified atom stereocenters. The molecule has 0 spiro atoms. The number of fused-ring (bicyclic) bond motifs is 3. The molecule has 0 aliphatic rings. The summed E-state index contributed by atoms with van der Waals surface area (Å²) in [6.45, 7) is 0.686. The molecule has 0 aliphatic carbocycles. The van der Waals surface area contributed by atoms with Crippen LogP contribution in [0.3, 0.4) is 0 Å². The van der Waals surface area contributed by atoms with Gasteiger partial charge in [-0.2, -0.15) is 5.26 Å². The van der Waals surface area contributed by atoms with E-state index in [2.05, 4.69) is 39.0 Å². The number of hydrogen-bond acceptors (Lipinski definition) is 5. The second kappa shape index (κ2) is 7.78. The summed E-state index contributed by atoms with van der Waals surface area (Å²) in [4.78, 5) is 15.1. The molecule has 0 saturated carbocycles. The third-order valence-corrected chi connectivity index (χ3v) is 5.66. The highest BCUT2D eigenvalue weighted by Crippen LogP contribution is 2.33. The molecule has 3 heterocycles. The van der Waals surface area contributed by atoms with Crippen molar-refractivity contribution >= 4 is 35.9 Å². The van der Waals surface area contributed by atoms with Gasteiger partial charge in [0, 0.05) is 24.7 Å². The highest BCUT2D eigenvalue weighted by molar-refractivity contribution is 6.21. The first-order valence-corrected chi connectivity index (χ1v) is 10.3. The fourth-order valence-corrected chi connectivity index (χ4v) is 4.04. The lowest BCUT2D eigenvalue weighted by Crippen LogP contribution is -2.20. The van der Waals surface area contributed by atoms with Crippen molar-refractivity contribution in [3.63, 3.8) is 0 Å². The van der Waals surface area contributed by atoms with Crippen molar-refractivity contribution in [2.24, 2.45) is 7.05 Å². The average molecular weight is 420 g/mol. The molecule has 0 fully saturated rings. The molecular formula is C24H21BN6O. The monoisotopic (exact) mass is 420 g/mol. The smallest absolute Gasteiger partial charge is 0.219 e. The number of ether oxygens (including phenoxy) is 1. The number of methoxy groups -OCH3 is 1. The van der Waals surface area contributed by atoms with Gasteiger partial charge in [-0.15, -0.1) is 0 Å². The molecule has 7 nitrogen and oxygen atoms in total. The molecule has 0 atom stereocenters. The van der Waals surface area contributed by atoms with Gasteiger partial charge in [0.1, 0.15) is 22.7 Å². The van der Waals surface area contributed by atoms with E-state index in [1.807, 2.05) is 56.3 Å². The Labute approximate surface area is 186 Å². The maximum atomic E-state index is 9.25. The number of nitrogens with zero attached hydrogens (tertiary/aromatic N) is 5. The lowest BCUT2D eigenvalue weighted by molar-refractivity contribution is 0.414. The van der Waals surface area contributed by atoms with Gasteiger partial charge < -0.3 is 19.1 Å². The molecule has 156 valence electrons. The molecule has 0 bridgehead atoms. The van der Waals surface area contributed by atoms with E-state index in [4.69, 9.17) is 9.72 Å². The number of H-pyrrole nitrogens is 1. The first-order chi connectivity index (χ1) is 15.6. The van der Waals surface area contributed by atoms with Gasteiger partial charge in [-0.25, -0.2) is 9.97 Å². The van der Waals surface area contributed by atoms with Crippen molar-refractivity contribution < 1.29 is 4.74 Å². The summed E-state index contributed by atoms with van der Waals surface area (Å²) in [5.41, 5.74) is 6.31. The molecule has 0 radical (unpaired) electrons. The Balaban J connectivity index is 1.60. The second-order valence-electron chi connectivity index (χ2n) is 7.83. The fourth-order valence-electron chi connectivity index (χ4n) is 4.04. The SMILES string of the molecule is BN(Cc1ccc(OC)cc1)c1nc2[nH]c(-c3cccc(C#N)c3)cc2c2c1ncn2C. The lowest BCUT2D eigenvalue weighted by atomic mass is 10.1. The first-order valence-electron chi connectivity index (χ1n) is 10.3. The van der Waals surface area contributed by atoms with Crippen molar-refractivity contribution in [3.05, 3.63) is 72.1 Å². The van der Waals surface area contributed by atoms with Crippen molar-refractivity contribution in [2.45, 2.75) is 6.54 Å². The van der Waals surface area contributed by atoms with Crippen LogP contribution in [-0.2, 0) is 13.6 Å². The van der Waals surface area contributed by atoms with Crippen molar-refractivity contribution in [2.75, 3.05) is 11.9 Å². The minimum atomic E-state index is 0.625. The van der Waals surface area contributed by atoms with Crippen LogP contribution in [0, 0.1) is 11.3 Å². The average Bonchev–Trinajstić information content (AvgIpc) is 3.42. The van der Waals surface area contributed by atoms with Crippen molar-refractivity contribution in [1.82, 2.24) is 19.5 Å². The Bertz CT molecular complexity index is 1480. The number of nitriles is 1. The molecule has 5 rings (SSSR count). The Morgan fingerprint density at radius 3 is 2.75 bits per heavy atom. The van der Waals surface area contributed by atoms with E-state index in [0.29, 0.717) is 12.1 Å². The van der Waals surface area contributed by atoms with Crippen LogP contribution >= 0.6 is 0 Å². The summed E-state index contributed by atoms with van der Waals surface area (Å²) in [5.74, 6) is 1.64. The van der Waals surface area contributed by atoms with E-state index in [9.17, 15) is 5.26 Å². The first kappa shape index (κ1) is 19.7. The van der Waals surface area contributed by atoms with Crippen LogP contribution in [0.1, 0.15) is 11.1 Å². The molecule has 0 amide bonds. The minimum absolute atomic E-state index is 0.625. The summed E-state index contributed by atoms with van der Waals surface area (Å²) in [7, 11) is 5.68. The number of benzene rings is 2. The van der Waals surface area contributed by atoms with Crippen molar-refractivity contribution in [1.29, 1.82) is 5.26 Å². The van der Waals surface area contributed by atoms with Crippen molar-refractivity contribution in [3.8, 4) is 23.1 Å². The van der Waals surface area contributed by atoms with Crippen LogP contribution in [0.5, 0.6) is 5.75 Å². The summed E-state index contributed by atoms with van der Waals surface area (Å²) < 4.78 is 7.28. The number of hydrogen-bond donors (Lipinski definition) is 1.